The van der Waals surface area contributed by atoms with Crippen molar-refractivity contribution in [3.8, 4) is 0 Å². The molecule has 190 valence electrons. The molecule has 1 saturated heterocycles. The Morgan fingerprint density at radius 2 is 1.45 bits per heavy atom. The van der Waals surface area contributed by atoms with Crippen molar-refractivity contribution in [2.45, 2.75) is 117 Å². The molecule has 1 aliphatic rings. The van der Waals surface area contributed by atoms with Gasteiger partial charge in [0.05, 0.1) is 6.04 Å². The summed E-state index contributed by atoms with van der Waals surface area (Å²) in [6, 6.07) is -1.21. The van der Waals surface area contributed by atoms with Crippen LogP contribution in [0, 0.1) is 0 Å². The van der Waals surface area contributed by atoms with Crippen LogP contribution >= 0.6 is 0 Å². The summed E-state index contributed by atoms with van der Waals surface area (Å²) >= 11 is 0. The average molecular weight is 473 g/mol. The number of alkyl carbamates (subject to hydrolysis) is 1. The maximum atomic E-state index is 12.9. The van der Waals surface area contributed by atoms with Gasteiger partial charge in [0.25, 0.3) is 0 Å². The fourth-order valence-electron chi connectivity index (χ4n) is 3.24. The number of carbonyl (C=O) groups is 4. The highest BCUT2D eigenvalue weighted by atomic mass is 16.7. The Morgan fingerprint density at radius 3 is 1.94 bits per heavy atom. The lowest BCUT2D eigenvalue weighted by molar-refractivity contribution is -0.108. The molecule has 1 aliphatic heterocycles. The predicted octanol–water partition coefficient (Wildman–Crippen LogP) is 4.19. The second kappa shape index (κ2) is 11.1. The topological polar surface area (TPSA) is 120 Å². The van der Waals surface area contributed by atoms with E-state index >= 15 is 0 Å². The van der Waals surface area contributed by atoms with Crippen LogP contribution in [0.25, 0.3) is 0 Å². The minimum absolute atomic E-state index is 0.00510. The Kier molecular flexibility index (Phi) is 9.56. The quantitative estimate of drug-likeness (QED) is 0.359. The number of aldehydes is 1. The van der Waals surface area contributed by atoms with E-state index in [2.05, 4.69) is 5.32 Å². The van der Waals surface area contributed by atoms with Crippen LogP contribution in [0.15, 0.2) is 0 Å². The summed E-state index contributed by atoms with van der Waals surface area (Å²) in [5.41, 5.74) is -2.23. The summed E-state index contributed by atoms with van der Waals surface area (Å²) in [5, 5.41) is 2.71. The highest BCUT2D eigenvalue weighted by Gasteiger charge is 2.43. The molecular weight excluding hydrogens is 432 g/mol. The van der Waals surface area contributed by atoms with Crippen molar-refractivity contribution in [3.63, 3.8) is 0 Å². The molecule has 0 aromatic rings. The van der Waals surface area contributed by atoms with Crippen molar-refractivity contribution in [2.24, 2.45) is 0 Å². The molecule has 10 nitrogen and oxygen atoms in total. The number of rotatable bonds is 5. The molecule has 0 bridgehead atoms. The zero-order chi connectivity index (χ0) is 25.6. The lowest BCUT2D eigenvalue weighted by Gasteiger charge is -2.43. The van der Waals surface area contributed by atoms with Crippen LogP contribution in [0.2, 0.25) is 0 Å². The SMILES string of the molecule is CC(C)(C)OC(=O)N[C@H]1CN(C(=O)OC(C)(C)C)[C@H](CCC=O)C[C@H]1OC(=O)OC(C)(C)C. The van der Waals surface area contributed by atoms with Gasteiger partial charge in [0.1, 0.15) is 29.2 Å². The van der Waals surface area contributed by atoms with Gasteiger partial charge in [0.2, 0.25) is 0 Å². The summed E-state index contributed by atoms with van der Waals surface area (Å²) in [7, 11) is 0. The fourth-order valence-corrected chi connectivity index (χ4v) is 3.24. The lowest BCUT2D eigenvalue weighted by Crippen LogP contribution is -2.61. The van der Waals surface area contributed by atoms with E-state index in [1.165, 1.54) is 4.90 Å². The molecule has 0 aromatic carbocycles. The number of nitrogens with zero attached hydrogens (tertiary/aromatic N) is 1. The van der Waals surface area contributed by atoms with E-state index < -0.39 is 53.3 Å². The van der Waals surface area contributed by atoms with Crippen LogP contribution in [-0.4, -0.2) is 71.1 Å². The standard InChI is InChI=1S/C23H40N2O8/c1-21(2,3)31-18(27)24-16-14-25(19(28)32-22(4,5)6)15(11-10-12-26)13-17(16)30-20(29)33-23(7,8)9/h12,15-17H,10-11,13-14H2,1-9H3,(H,24,27)/t15-,16+,17-/m1/s1. The maximum Gasteiger partial charge on any atom is 0.509 e. The fraction of sp³-hybridized carbons (Fsp3) is 0.826. The maximum absolute atomic E-state index is 12.9. The third-order valence-electron chi connectivity index (χ3n) is 4.37. The van der Waals surface area contributed by atoms with Crippen LogP contribution in [0.4, 0.5) is 14.4 Å². The summed E-state index contributed by atoms with van der Waals surface area (Å²) in [6.07, 6.45) is -1.45. The number of hydrogen-bond donors (Lipinski definition) is 1. The van der Waals surface area contributed by atoms with E-state index in [4.69, 9.17) is 18.9 Å². The molecule has 0 aromatic heterocycles. The first-order valence-electron chi connectivity index (χ1n) is 11.2. The minimum atomic E-state index is -0.886. The van der Waals surface area contributed by atoms with Gasteiger partial charge >= 0.3 is 18.3 Å². The van der Waals surface area contributed by atoms with Gasteiger partial charge in [0, 0.05) is 25.4 Å². The van der Waals surface area contributed by atoms with Gasteiger partial charge in [0.15, 0.2) is 0 Å². The Morgan fingerprint density at radius 1 is 0.909 bits per heavy atom. The van der Waals surface area contributed by atoms with E-state index in [9.17, 15) is 19.2 Å². The molecular formula is C23H40N2O8. The van der Waals surface area contributed by atoms with Crippen molar-refractivity contribution in [1.29, 1.82) is 0 Å². The van der Waals surface area contributed by atoms with Gasteiger partial charge in [-0.05, 0) is 68.7 Å². The van der Waals surface area contributed by atoms with E-state index in [1.54, 1.807) is 62.3 Å². The Hall–Kier alpha value is -2.52. The second-order valence-corrected chi connectivity index (χ2v) is 11.1. The minimum Gasteiger partial charge on any atom is -0.444 e. The summed E-state index contributed by atoms with van der Waals surface area (Å²) in [5.74, 6) is 0. The third-order valence-corrected chi connectivity index (χ3v) is 4.37. The normalized spacial score (nSPS) is 21.6. The number of likely N-dealkylation sites (tertiary alicyclic amines) is 1. The molecule has 1 heterocycles. The highest BCUT2D eigenvalue weighted by molar-refractivity contribution is 5.71. The van der Waals surface area contributed by atoms with Crippen LogP contribution in [0.3, 0.4) is 0 Å². The molecule has 0 saturated carbocycles. The zero-order valence-corrected chi connectivity index (χ0v) is 21.4. The van der Waals surface area contributed by atoms with Crippen LogP contribution in [-0.2, 0) is 23.7 Å². The first-order chi connectivity index (χ1) is 14.9. The first kappa shape index (κ1) is 28.5. The zero-order valence-electron chi connectivity index (χ0n) is 21.4. The smallest absolute Gasteiger partial charge is 0.444 e. The van der Waals surface area contributed by atoms with Crippen molar-refractivity contribution in [2.75, 3.05) is 6.54 Å². The second-order valence-electron chi connectivity index (χ2n) is 11.1. The van der Waals surface area contributed by atoms with Crippen molar-refractivity contribution in [1.82, 2.24) is 10.2 Å². The molecule has 3 atom stereocenters. The van der Waals surface area contributed by atoms with Gasteiger partial charge in [-0.3, -0.25) is 0 Å². The van der Waals surface area contributed by atoms with Crippen LogP contribution < -0.4 is 5.32 Å². The molecule has 1 N–H and O–H groups in total. The van der Waals surface area contributed by atoms with Gasteiger partial charge in [-0.1, -0.05) is 0 Å². The van der Waals surface area contributed by atoms with E-state index in [-0.39, 0.29) is 19.4 Å². The first-order valence-corrected chi connectivity index (χ1v) is 11.2. The van der Waals surface area contributed by atoms with Crippen molar-refractivity contribution < 1.29 is 38.1 Å². The van der Waals surface area contributed by atoms with Gasteiger partial charge in [-0.15, -0.1) is 0 Å². The number of nitrogens with one attached hydrogen (secondary N) is 1. The largest absolute Gasteiger partial charge is 0.509 e. The third kappa shape index (κ3) is 11.3. The molecule has 1 rings (SSSR count). The molecule has 2 amide bonds. The van der Waals surface area contributed by atoms with E-state index in [0.717, 1.165) is 6.29 Å². The molecule has 0 unspecified atom stereocenters. The van der Waals surface area contributed by atoms with Crippen molar-refractivity contribution in [3.05, 3.63) is 0 Å². The summed E-state index contributed by atoms with van der Waals surface area (Å²) in [4.78, 5) is 50.2. The summed E-state index contributed by atoms with van der Waals surface area (Å²) in [6.45, 7) is 15.6. The van der Waals surface area contributed by atoms with E-state index in [0.29, 0.717) is 6.42 Å². The lowest BCUT2D eigenvalue weighted by atomic mass is 9.92. The number of carbonyl (C=O) groups excluding carboxylic acids is 4. The average Bonchev–Trinajstić information content (AvgIpc) is 2.56. The Labute approximate surface area is 196 Å². The predicted molar refractivity (Wildman–Crippen MR) is 121 cm³/mol. The highest BCUT2D eigenvalue weighted by Crippen LogP contribution is 2.27. The number of piperidine rings is 1. The van der Waals surface area contributed by atoms with Crippen LogP contribution in [0.1, 0.15) is 81.6 Å². The number of ether oxygens (including phenoxy) is 4. The number of hydrogen-bond acceptors (Lipinski definition) is 8. The molecule has 0 spiro atoms. The van der Waals surface area contributed by atoms with Gasteiger partial charge in [-0.25, -0.2) is 14.4 Å². The van der Waals surface area contributed by atoms with Crippen molar-refractivity contribution >= 4 is 24.6 Å². The molecule has 1 fully saturated rings. The number of amides is 2. The Balaban J connectivity index is 3.16. The van der Waals surface area contributed by atoms with Gasteiger partial charge < -0.3 is 34.0 Å². The molecule has 0 radical (unpaired) electrons. The molecule has 10 heteroatoms. The molecule has 0 aliphatic carbocycles. The van der Waals surface area contributed by atoms with E-state index in [1.807, 2.05) is 0 Å². The van der Waals surface area contributed by atoms with Gasteiger partial charge in [-0.2, -0.15) is 0 Å². The summed E-state index contributed by atoms with van der Waals surface area (Å²) < 4.78 is 21.7. The van der Waals surface area contributed by atoms with Crippen LogP contribution in [0.5, 0.6) is 0 Å². The monoisotopic (exact) mass is 472 g/mol. The Bertz CT molecular complexity index is 703. The molecule has 33 heavy (non-hydrogen) atoms.